The maximum atomic E-state index is 11.1. The molecule has 1 aliphatic heterocycles. The minimum Gasteiger partial charge on any atom is -0.391 e. The summed E-state index contributed by atoms with van der Waals surface area (Å²) in [5, 5.41) is 3.82. The van der Waals surface area contributed by atoms with Crippen LogP contribution in [0.4, 0.5) is 0 Å². The minimum absolute atomic E-state index is 0.121. The van der Waals surface area contributed by atoms with Gasteiger partial charge in [0.05, 0.1) is 18.8 Å². The lowest BCUT2D eigenvalue weighted by molar-refractivity contribution is -0.167. The number of aryl methyl sites for hydroxylation is 2. The number of nitrogens with zero attached hydrogens (tertiary/aromatic N) is 2. The Bertz CT molecular complexity index is 403. The molecule has 1 aromatic heterocycles. The number of rotatable bonds is 2. The first-order valence-electron chi connectivity index (χ1n) is 4.94. The van der Waals surface area contributed by atoms with Crippen LogP contribution in [-0.2, 0) is 20.9 Å². The fraction of sp³-hybridized carbons (Fsp3) is 0.500. The fourth-order valence-electron chi connectivity index (χ4n) is 1.68. The van der Waals surface area contributed by atoms with Crippen molar-refractivity contribution in [2.45, 2.75) is 20.4 Å². The monoisotopic (exact) mass is 224 g/mol. The van der Waals surface area contributed by atoms with Gasteiger partial charge in [0.15, 0.2) is 0 Å². The van der Waals surface area contributed by atoms with E-state index < -0.39 is 11.9 Å². The largest absolute Gasteiger partial charge is 0.391 e. The van der Waals surface area contributed by atoms with Crippen molar-refractivity contribution in [3.05, 3.63) is 17.0 Å². The Labute approximate surface area is 92.1 Å². The Morgan fingerprint density at radius 3 is 2.38 bits per heavy atom. The molecule has 6 nitrogen and oxygen atoms in total. The zero-order valence-corrected chi connectivity index (χ0v) is 9.15. The highest BCUT2D eigenvalue weighted by Gasteiger charge is 2.26. The number of carbonyl (C=O) groups excluding carboxylic acids is 2. The third-order valence-electron chi connectivity index (χ3n) is 2.50. The Balaban J connectivity index is 2.10. The van der Waals surface area contributed by atoms with Gasteiger partial charge < -0.3 is 9.26 Å². The van der Waals surface area contributed by atoms with Gasteiger partial charge in [-0.05, 0) is 13.8 Å². The second kappa shape index (κ2) is 4.05. The molecule has 0 saturated carbocycles. The molecule has 0 bridgehead atoms. The fourth-order valence-corrected chi connectivity index (χ4v) is 1.68. The molecule has 0 radical (unpaired) electrons. The molecule has 2 rings (SSSR count). The van der Waals surface area contributed by atoms with Crippen molar-refractivity contribution in [2.24, 2.45) is 0 Å². The first kappa shape index (κ1) is 10.8. The number of morpholine rings is 1. The summed E-state index contributed by atoms with van der Waals surface area (Å²) in [6.07, 6.45) is 0. The smallest absolute Gasteiger partial charge is 0.327 e. The van der Waals surface area contributed by atoms with Crippen molar-refractivity contribution in [1.82, 2.24) is 10.1 Å². The standard InChI is InChI=1S/C10H12N2O4/c1-6-8(7(2)16-11-6)3-12-4-9(13)15-10(14)5-12/h3-5H2,1-2H3. The second-order valence-electron chi connectivity index (χ2n) is 3.79. The van der Waals surface area contributed by atoms with Gasteiger partial charge in [0.25, 0.3) is 0 Å². The summed E-state index contributed by atoms with van der Waals surface area (Å²) in [4.78, 5) is 23.8. The van der Waals surface area contributed by atoms with E-state index >= 15 is 0 Å². The number of hydrogen-bond acceptors (Lipinski definition) is 6. The number of cyclic esters (lactones) is 2. The van der Waals surface area contributed by atoms with Crippen LogP contribution in [-0.4, -0.2) is 35.1 Å². The number of hydrogen-bond donors (Lipinski definition) is 0. The zero-order chi connectivity index (χ0) is 11.7. The second-order valence-corrected chi connectivity index (χ2v) is 3.79. The van der Waals surface area contributed by atoms with E-state index in [1.165, 1.54) is 0 Å². The van der Waals surface area contributed by atoms with Gasteiger partial charge in [-0.25, -0.2) is 0 Å². The summed E-state index contributed by atoms with van der Waals surface area (Å²) in [5.41, 5.74) is 1.70. The summed E-state index contributed by atoms with van der Waals surface area (Å²) in [7, 11) is 0. The third-order valence-corrected chi connectivity index (χ3v) is 2.50. The highest BCUT2D eigenvalue weighted by atomic mass is 16.6. The van der Waals surface area contributed by atoms with Crippen molar-refractivity contribution in [3.63, 3.8) is 0 Å². The molecule has 0 amide bonds. The van der Waals surface area contributed by atoms with E-state index in [0.29, 0.717) is 12.3 Å². The summed E-state index contributed by atoms with van der Waals surface area (Å²) >= 11 is 0. The molecule has 16 heavy (non-hydrogen) atoms. The summed E-state index contributed by atoms with van der Waals surface area (Å²) in [6, 6.07) is 0. The average Bonchev–Trinajstić information content (AvgIpc) is 2.48. The van der Waals surface area contributed by atoms with Crippen LogP contribution < -0.4 is 0 Å². The van der Waals surface area contributed by atoms with E-state index in [2.05, 4.69) is 9.89 Å². The molecule has 0 aliphatic carbocycles. The molecule has 1 aliphatic rings. The van der Waals surface area contributed by atoms with Crippen molar-refractivity contribution >= 4 is 11.9 Å². The van der Waals surface area contributed by atoms with Gasteiger partial charge in [0.1, 0.15) is 5.76 Å². The lowest BCUT2D eigenvalue weighted by Crippen LogP contribution is -2.42. The van der Waals surface area contributed by atoms with Crippen molar-refractivity contribution in [1.29, 1.82) is 0 Å². The average molecular weight is 224 g/mol. The van der Waals surface area contributed by atoms with E-state index in [4.69, 9.17) is 4.52 Å². The SMILES string of the molecule is Cc1noc(C)c1CN1CC(=O)OC(=O)C1. The molecule has 0 unspecified atom stereocenters. The Kier molecular flexibility index (Phi) is 2.74. The third kappa shape index (κ3) is 2.11. The number of ether oxygens (including phenoxy) is 1. The maximum Gasteiger partial charge on any atom is 0.327 e. The molecule has 0 atom stereocenters. The molecular weight excluding hydrogens is 212 g/mol. The van der Waals surface area contributed by atoms with Gasteiger partial charge in [-0.15, -0.1) is 0 Å². The normalized spacial score (nSPS) is 17.6. The molecular formula is C10H12N2O4. The van der Waals surface area contributed by atoms with Crippen LogP contribution in [0.2, 0.25) is 0 Å². The van der Waals surface area contributed by atoms with Gasteiger partial charge in [-0.2, -0.15) is 0 Å². The van der Waals surface area contributed by atoms with Crippen molar-refractivity contribution in [3.8, 4) is 0 Å². The van der Waals surface area contributed by atoms with E-state index in [1.54, 1.807) is 11.8 Å². The predicted octanol–water partition coefficient (Wildman–Crippen LogP) is 0.177. The highest BCUT2D eigenvalue weighted by Crippen LogP contribution is 2.15. The van der Waals surface area contributed by atoms with Crippen LogP contribution in [0.1, 0.15) is 17.0 Å². The molecule has 6 heteroatoms. The van der Waals surface area contributed by atoms with Crippen LogP contribution in [0.15, 0.2) is 4.52 Å². The molecule has 1 fully saturated rings. The van der Waals surface area contributed by atoms with Crippen LogP contribution >= 0.6 is 0 Å². The van der Waals surface area contributed by atoms with Crippen LogP contribution in [0.25, 0.3) is 0 Å². The predicted molar refractivity (Wildman–Crippen MR) is 52.4 cm³/mol. The molecule has 2 heterocycles. The van der Waals surface area contributed by atoms with Crippen LogP contribution in [0.3, 0.4) is 0 Å². The molecule has 1 aromatic rings. The topological polar surface area (TPSA) is 72.6 Å². The number of aromatic nitrogens is 1. The van der Waals surface area contributed by atoms with Crippen LogP contribution in [0, 0.1) is 13.8 Å². The minimum atomic E-state index is -0.511. The molecule has 0 spiro atoms. The van der Waals surface area contributed by atoms with E-state index in [0.717, 1.165) is 11.3 Å². The highest BCUT2D eigenvalue weighted by molar-refractivity contribution is 5.90. The van der Waals surface area contributed by atoms with Crippen molar-refractivity contribution < 1.29 is 18.8 Å². The molecule has 86 valence electrons. The first-order chi connectivity index (χ1) is 7.56. The Hall–Kier alpha value is -1.69. The lowest BCUT2D eigenvalue weighted by Gasteiger charge is -2.23. The zero-order valence-electron chi connectivity index (χ0n) is 9.15. The molecule has 0 aromatic carbocycles. The van der Waals surface area contributed by atoms with Gasteiger partial charge in [-0.1, -0.05) is 5.16 Å². The van der Waals surface area contributed by atoms with E-state index in [-0.39, 0.29) is 13.1 Å². The van der Waals surface area contributed by atoms with Crippen LogP contribution in [0.5, 0.6) is 0 Å². The Morgan fingerprint density at radius 2 is 1.88 bits per heavy atom. The van der Waals surface area contributed by atoms with Crippen molar-refractivity contribution in [2.75, 3.05) is 13.1 Å². The first-order valence-corrected chi connectivity index (χ1v) is 4.94. The van der Waals surface area contributed by atoms with E-state index in [1.807, 2.05) is 6.92 Å². The molecule has 1 saturated heterocycles. The Morgan fingerprint density at radius 1 is 1.25 bits per heavy atom. The van der Waals surface area contributed by atoms with Gasteiger partial charge in [-0.3, -0.25) is 14.5 Å². The van der Waals surface area contributed by atoms with E-state index in [9.17, 15) is 9.59 Å². The van der Waals surface area contributed by atoms with Gasteiger partial charge in [0, 0.05) is 12.1 Å². The number of esters is 2. The summed E-state index contributed by atoms with van der Waals surface area (Å²) < 4.78 is 9.45. The summed E-state index contributed by atoms with van der Waals surface area (Å²) in [5.74, 6) is -0.310. The van der Waals surface area contributed by atoms with Gasteiger partial charge in [0.2, 0.25) is 0 Å². The lowest BCUT2D eigenvalue weighted by atomic mass is 10.2. The number of carbonyl (C=O) groups is 2. The van der Waals surface area contributed by atoms with Gasteiger partial charge >= 0.3 is 11.9 Å². The summed E-state index contributed by atoms with van der Waals surface area (Å²) in [6.45, 7) is 4.35. The maximum absolute atomic E-state index is 11.1. The quantitative estimate of drug-likeness (QED) is 0.527. The molecule has 0 N–H and O–H groups in total.